The van der Waals surface area contributed by atoms with E-state index in [0.717, 1.165) is 5.69 Å². The van der Waals surface area contributed by atoms with Crippen molar-refractivity contribution in [1.29, 1.82) is 0 Å². The number of rotatable bonds is 4. The van der Waals surface area contributed by atoms with Gasteiger partial charge in [-0.05, 0) is 6.07 Å². The molecule has 2 aromatic rings. The molecule has 8 heteroatoms. The van der Waals surface area contributed by atoms with Gasteiger partial charge in [-0.2, -0.15) is 5.10 Å². The normalized spacial score (nSPS) is 10.3. The van der Waals surface area contributed by atoms with Crippen LogP contribution in [-0.4, -0.2) is 19.7 Å². The van der Waals surface area contributed by atoms with Crippen molar-refractivity contribution in [2.24, 2.45) is 7.05 Å². The van der Waals surface area contributed by atoms with Gasteiger partial charge in [0, 0.05) is 25.5 Å². The van der Waals surface area contributed by atoms with Gasteiger partial charge in [0.2, 0.25) is 5.82 Å². The van der Waals surface area contributed by atoms with Crippen molar-refractivity contribution in [3.05, 3.63) is 45.4 Å². The van der Waals surface area contributed by atoms with E-state index in [0.29, 0.717) is 6.54 Å². The van der Waals surface area contributed by atoms with Crippen LogP contribution < -0.4 is 5.32 Å². The monoisotopic (exact) mass is 267 g/mol. The first-order chi connectivity index (χ1) is 8.58. The Balaban J connectivity index is 2.19. The van der Waals surface area contributed by atoms with E-state index < -0.39 is 4.92 Å². The van der Waals surface area contributed by atoms with Crippen LogP contribution in [0.1, 0.15) is 5.69 Å². The van der Waals surface area contributed by atoms with Gasteiger partial charge in [0.05, 0.1) is 22.2 Å². The number of nitrogens with zero attached hydrogens (tertiary/aromatic N) is 4. The molecule has 1 N–H and O–H groups in total. The third-order valence-corrected chi connectivity index (χ3v) is 2.60. The van der Waals surface area contributed by atoms with Crippen LogP contribution in [0.2, 0.25) is 5.02 Å². The summed E-state index contributed by atoms with van der Waals surface area (Å²) in [6.45, 7) is 0.395. The van der Waals surface area contributed by atoms with Gasteiger partial charge in [-0.15, -0.1) is 0 Å². The lowest BCUT2D eigenvalue weighted by atomic mass is 10.3. The van der Waals surface area contributed by atoms with Gasteiger partial charge in [0.15, 0.2) is 0 Å². The third kappa shape index (κ3) is 2.57. The number of hydrogen-bond acceptors (Lipinski definition) is 5. The molecule has 0 atom stereocenters. The smallest absolute Gasteiger partial charge is 0.312 e. The number of hydrogen-bond donors (Lipinski definition) is 1. The summed E-state index contributed by atoms with van der Waals surface area (Å²) in [5.74, 6) is 0.186. The minimum atomic E-state index is -0.523. The van der Waals surface area contributed by atoms with Gasteiger partial charge in [-0.25, -0.2) is 4.98 Å². The Hall–Kier alpha value is -2.15. The predicted molar refractivity (Wildman–Crippen MR) is 66.4 cm³/mol. The van der Waals surface area contributed by atoms with Crippen molar-refractivity contribution in [3.8, 4) is 0 Å². The average Bonchev–Trinajstić information content (AvgIpc) is 2.73. The van der Waals surface area contributed by atoms with E-state index in [1.807, 2.05) is 6.07 Å². The summed E-state index contributed by atoms with van der Waals surface area (Å²) < 4.78 is 1.68. The molecule has 0 aliphatic carbocycles. The van der Waals surface area contributed by atoms with E-state index in [1.54, 1.807) is 17.9 Å². The number of nitrogens with one attached hydrogen (secondary N) is 1. The fraction of sp³-hybridized carbons (Fsp3) is 0.200. The molecule has 18 heavy (non-hydrogen) atoms. The largest absolute Gasteiger partial charge is 0.359 e. The minimum Gasteiger partial charge on any atom is -0.359 e. The van der Waals surface area contributed by atoms with Gasteiger partial charge in [-0.1, -0.05) is 11.6 Å². The lowest BCUT2D eigenvalue weighted by Gasteiger charge is -2.06. The Bertz CT molecular complexity index is 583. The first kappa shape index (κ1) is 12.3. The maximum absolute atomic E-state index is 10.9. The van der Waals surface area contributed by atoms with Crippen LogP contribution in [0.15, 0.2) is 24.5 Å². The van der Waals surface area contributed by atoms with E-state index in [4.69, 9.17) is 11.6 Å². The van der Waals surface area contributed by atoms with Crippen molar-refractivity contribution >= 4 is 23.1 Å². The molecule has 0 unspecified atom stereocenters. The highest BCUT2D eigenvalue weighted by Crippen LogP contribution is 2.25. The van der Waals surface area contributed by atoms with E-state index in [2.05, 4.69) is 15.4 Å². The molecular weight excluding hydrogens is 258 g/mol. The molecule has 94 valence electrons. The number of halogens is 1. The zero-order chi connectivity index (χ0) is 13.1. The van der Waals surface area contributed by atoms with Crippen molar-refractivity contribution in [1.82, 2.24) is 14.8 Å². The van der Waals surface area contributed by atoms with E-state index >= 15 is 0 Å². The molecule has 2 heterocycles. The molecular formula is C10H10ClN5O2. The zero-order valence-electron chi connectivity index (χ0n) is 9.50. The minimum absolute atomic E-state index is 0.148. The van der Waals surface area contributed by atoms with Crippen molar-refractivity contribution in [2.75, 3.05) is 5.32 Å². The van der Waals surface area contributed by atoms with Gasteiger partial charge in [-0.3, -0.25) is 14.8 Å². The summed E-state index contributed by atoms with van der Waals surface area (Å²) in [6, 6.07) is 3.08. The van der Waals surface area contributed by atoms with Crippen molar-refractivity contribution in [2.45, 2.75) is 6.54 Å². The highest BCUT2D eigenvalue weighted by atomic mass is 35.5. The molecule has 0 amide bonds. The van der Waals surface area contributed by atoms with Gasteiger partial charge in [0.1, 0.15) is 0 Å². The first-order valence-electron chi connectivity index (χ1n) is 5.08. The number of aryl methyl sites for hydroxylation is 1. The molecule has 0 aliphatic rings. The topological polar surface area (TPSA) is 85.9 Å². The SMILES string of the molecule is Cn1nccc1CNc1ncc(Cl)cc1[N+](=O)[O-]. The summed E-state index contributed by atoms with van der Waals surface area (Å²) in [5, 5.41) is 18.0. The summed E-state index contributed by atoms with van der Waals surface area (Å²) in [7, 11) is 1.79. The van der Waals surface area contributed by atoms with Crippen LogP contribution >= 0.6 is 11.6 Å². The highest BCUT2D eigenvalue weighted by Gasteiger charge is 2.15. The molecule has 2 rings (SSSR count). The Morgan fingerprint density at radius 1 is 1.61 bits per heavy atom. The Morgan fingerprint density at radius 2 is 2.39 bits per heavy atom. The Kier molecular flexibility index (Phi) is 3.42. The lowest BCUT2D eigenvalue weighted by molar-refractivity contribution is -0.384. The van der Waals surface area contributed by atoms with E-state index in [1.165, 1.54) is 12.3 Å². The quantitative estimate of drug-likeness (QED) is 0.676. The second kappa shape index (κ2) is 5.01. The number of pyridine rings is 1. The molecule has 7 nitrogen and oxygen atoms in total. The maximum atomic E-state index is 10.9. The molecule has 0 radical (unpaired) electrons. The second-order valence-corrected chi connectivity index (χ2v) is 4.01. The van der Waals surface area contributed by atoms with Crippen LogP contribution in [0.5, 0.6) is 0 Å². The third-order valence-electron chi connectivity index (χ3n) is 2.39. The van der Waals surface area contributed by atoms with Crippen LogP contribution in [-0.2, 0) is 13.6 Å². The molecule has 0 aromatic carbocycles. The summed E-state index contributed by atoms with van der Waals surface area (Å²) in [4.78, 5) is 14.2. The number of nitro groups is 1. The zero-order valence-corrected chi connectivity index (χ0v) is 10.3. The number of aromatic nitrogens is 3. The van der Waals surface area contributed by atoms with Crippen LogP contribution in [0.25, 0.3) is 0 Å². The summed E-state index contributed by atoms with van der Waals surface area (Å²) in [6.07, 6.45) is 3.01. The Labute approximate surface area is 108 Å². The number of anilines is 1. The molecule has 2 aromatic heterocycles. The predicted octanol–water partition coefficient (Wildman–Crippen LogP) is 1.99. The van der Waals surface area contributed by atoms with Crippen LogP contribution in [0, 0.1) is 10.1 Å². The van der Waals surface area contributed by atoms with E-state index in [-0.39, 0.29) is 16.5 Å². The fourth-order valence-electron chi connectivity index (χ4n) is 1.45. The molecule has 0 spiro atoms. The molecule has 0 saturated heterocycles. The molecule has 0 saturated carbocycles. The van der Waals surface area contributed by atoms with Gasteiger partial charge >= 0.3 is 5.69 Å². The fourth-order valence-corrected chi connectivity index (χ4v) is 1.61. The lowest BCUT2D eigenvalue weighted by Crippen LogP contribution is -2.08. The van der Waals surface area contributed by atoms with Crippen molar-refractivity contribution in [3.63, 3.8) is 0 Å². The molecule has 0 aliphatic heterocycles. The van der Waals surface area contributed by atoms with Crippen LogP contribution in [0.4, 0.5) is 11.5 Å². The first-order valence-corrected chi connectivity index (χ1v) is 5.46. The molecule has 0 bridgehead atoms. The maximum Gasteiger partial charge on any atom is 0.312 e. The van der Waals surface area contributed by atoms with Crippen molar-refractivity contribution < 1.29 is 4.92 Å². The van der Waals surface area contributed by atoms with Gasteiger partial charge in [0.25, 0.3) is 0 Å². The highest BCUT2D eigenvalue weighted by molar-refractivity contribution is 6.30. The summed E-state index contributed by atoms with van der Waals surface area (Å²) >= 11 is 5.68. The average molecular weight is 268 g/mol. The van der Waals surface area contributed by atoms with E-state index in [9.17, 15) is 10.1 Å². The van der Waals surface area contributed by atoms with Gasteiger partial charge < -0.3 is 5.32 Å². The standard InChI is InChI=1S/C10H10ClN5O2/c1-15-8(2-3-14-15)6-13-10-9(16(17)18)4-7(11)5-12-10/h2-5H,6H2,1H3,(H,12,13). The molecule has 0 fully saturated rings. The summed E-state index contributed by atoms with van der Waals surface area (Å²) in [5.41, 5.74) is 0.741. The Morgan fingerprint density at radius 3 is 3.00 bits per heavy atom. The van der Waals surface area contributed by atoms with Crippen LogP contribution in [0.3, 0.4) is 0 Å². The second-order valence-electron chi connectivity index (χ2n) is 3.58.